The van der Waals surface area contributed by atoms with Crippen LogP contribution >= 0.6 is 39.3 Å². The fraction of sp³-hybridized carbons (Fsp3) is 0.280. The van der Waals surface area contributed by atoms with Gasteiger partial charge in [-0.15, -0.1) is 16.8 Å². The highest BCUT2D eigenvalue weighted by atomic mass is 79.9. The van der Waals surface area contributed by atoms with Crippen molar-refractivity contribution in [3.63, 3.8) is 0 Å². The summed E-state index contributed by atoms with van der Waals surface area (Å²) in [4.78, 5) is 25.5. The van der Waals surface area contributed by atoms with Crippen molar-refractivity contribution < 1.29 is 14.3 Å². The minimum atomic E-state index is -0.403. The Morgan fingerprint density at radius 3 is 2.56 bits per heavy atom. The maximum absolute atomic E-state index is 12.9. The van der Waals surface area contributed by atoms with Gasteiger partial charge in [0.2, 0.25) is 5.91 Å². The highest BCUT2D eigenvalue weighted by molar-refractivity contribution is 9.10. The van der Waals surface area contributed by atoms with E-state index in [9.17, 15) is 9.59 Å². The van der Waals surface area contributed by atoms with Crippen LogP contribution in [0.2, 0.25) is 5.02 Å². The molecule has 36 heavy (non-hydrogen) atoms. The van der Waals surface area contributed by atoms with E-state index in [0.29, 0.717) is 39.5 Å². The van der Waals surface area contributed by atoms with Gasteiger partial charge in [0, 0.05) is 22.3 Å². The number of ether oxygens (including phenoxy) is 1. The molecule has 0 aliphatic rings. The number of halogens is 2. The number of nitrogens with one attached hydrogen (secondary N) is 2. The van der Waals surface area contributed by atoms with Crippen LogP contribution in [0.25, 0.3) is 0 Å². The van der Waals surface area contributed by atoms with Crippen molar-refractivity contribution in [2.45, 2.75) is 31.6 Å². The number of carbonyl (C=O) groups is 2. The van der Waals surface area contributed by atoms with Crippen LogP contribution in [-0.2, 0) is 11.3 Å². The summed E-state index contributed by atoms with van der Waals surface area (Å²) in [6.45, 7) is 8.25. The average molecular weight is 593 g/mol. The molecule has 2 amide bonds. The zero-order valence-electron chi connectivity index (χ0n) is 20.1. The molecule has 0 saturated heterocycles. The van der Waals surface area contributed by atoms with Gasteiger partial charge in [-0.05, 0) is 64.3 Å². The lowest BCUT2D eigenvalue weighted by molar-refractivity contribution is -0.113. The molecule has 0 unspecified atom stereocenters. The lowest BCUT2D eigenvalue weighted by Crippen LogP contribution is -2.33. The molecule has 0 saturated carbocycles. The molecule has 0 aliphatic carbocycles. The van der Waals surface area contributed by atoms with E-state index in [1.807, 2.05) is 18.4 Å². The van der Waals surface area contributed by atoms with Crippen LogP contribution in [0.1, 0.15) is 36.1 Å². The van der Waals surface area contributed by atoms with Crippen molar-refractivity contribution in [2.75, 3.05) is 18.2 Å². The molecule has 1 atom stereocenters. The van der Waals surface area contributed by atoms with Crippen LogP contribution < -0.4 is 15.4 Å². The number of hydrogen-bond acceptors (Lipinski definition) is 6. The molecule has 0 radical (unpaired) electrons. The van der Waals surface area contributed by atoms with E-state index in [0.717, 1.165) is 4.47 Å². The number of aromatic nitrogens is 3. The molecule has 0 aliphatic heterocycles. The Bertz CT molecular complexity index is 1230. The minimum absolute atomic E-state index is 0.0308. The van der Waals surface area contributed by atoms with Crippen LogP contribution in [0.15, 0.2) is 64.7 Å². The van der Waals surface area contributed by atoms with E-state index in [4.69, 9.17) is 16.3 Å². The number of nitrogens with zero attached hydrogens (tertiary/aromatic N) is 3. The first-order chi connectivity index (χ1) is 17.2. The Labute approximate surface area is 228 Å². The summed E-state index contributed by atoms with van der Waals surface area (Å²) in [5, 5.41) is 15.6. The summed E-state index contributed by atoms with van der Waals surface area (Å²) < 4.78 is 7.78. The normalized spacial score (nSPS) is 11.7. The Morgan fingerprint density at radius 1 is 1.22 bits per heavy atom. The van der Waals surface area contributed by atoms with Crippen molar-refractivity contribution in [1.29, 1.82) is 0 Å². The molecule has 190 valence electrons. The van der Waals surface area contributed by atoms with E-state index in [-0.39, 0.29) is 23.5 Å². The Balaban J connectivity index is 1.74. The summed E-state index contributed by atoms with van der Waals surface area (Å²) in [7, 11) is 1.58. The van der Waals surface area contributed by atoms with Crippen LogP contribution in [-0.4, -0.2) is 39.4 Å². The van der Waals surface area contributed by atoms with Gasteiger partial charge >= 0.3 is 0 Å². The van der Waals surface area contributed by atoms with Crippen LogP contribution in [0.3, 0.4) is 0 Å². The molecular weight excluding hydrogens is 566 g/mol. The zero-order chi connectivity index (χ0) is 26.2. The highest BCUT2D eigenvalue weighted by Gasteiger charge is 2.26. The standard InChI is InChI=1S/C25H27BrClN5O3S/c1-5-12-32-23(22(15(2)3)29-24(34)16-6-9-18(35-4)10-7-16)30-31-25(32)36-14-21(33)28-17-8-11-19(26)20(27)13-17/h5-11,13,15,22H,1,12,14H2,2-4H3,(H,28,33)(H,29,34)/t22-/m0/s1. The summed E-state index contributed by atoms with van der Waals surface area (Å²) in [5.74, 6) is 0.977. The fourth-order valence-electron chi connectivity index (χ4n) is 3.33. The van der Waals surface area contributed by atoms with Crippen LogP contribution in [0, 0.1) is 5.92 Å². The zero-order valence-corrected chi connectivity index (χ0v) is 23.3. The quantitative estimate of drug-likeness (QED) is 0.217. The van der Waals surface area contributed by atoms with E-state index < -0.39 is 6.04 Å². The van der Waals surface area contributed by atoms with Crippen molar-refractivity contribution in [3.8, 4) is 5.75 Å². The third-order valence-electron chi connectivity index (χ3n) is 5.18. The van der Waals surface area contributed by atoms with Gasteiger partial charge in [0.05, 0.1) is 23.9 Å². The maximum Gasteiger partial charge on any atom is 0.251 e. The molecule has 0 bridgehead atoms. The van der Waals surface area contributed by atoms with Gasteiger partial charge in [-0.3, -0.25) is 9.59 Å². The summed E-state index contributed by atoms with van der Waals surface area (Å²) in [6, 6.07) is 11.7. The van der Waals surface area contributed by atoms with Crippen LogP contribution in [0.4, 0.5) is 5.69 Å². The Hall–Kier alpha value is -2.82. The molecule has 8 nitrogen and oxygen atoms in total. The molecule has 1 aromatic heterocycles. The molecule has 1 heterocycles. The average Bonchev–Trinajstić information content (AvgIpc) is 3.25. The van der Waals surface area contributed by atoms with Crippen molar-refractivity contribution in [1.82, 2.24) is 20.1 Å². The van der Waals surface area contributed by atoms with Gasteiger partial charge in [-0.2, -0.15) is 0 Å². The van der Waals surface area contributed by atoms with Gasteiger partial charge in [-0.25, -0.2) is 0 Å². The van der Waals surface area contributed by atoms with E-state index in [1.165, 1.54) is 11.8 Å². The molecule has 2 aromatic carbocycles. The number of methoxy groups -OCH3 is 1. The largest absolute Gasteiger partial charge is 0.497 e. The maximum atomic E-state index is 12.9. The van der Waals surface area contributed by atoms with Gasteiger partial charge < -0.3 is 19.9 Å². The monoisotopic (exact) mass is 591 g/mol. The lowest BCUT2D eigenvalue weighted by atomic mass is 10.0. The fourth-order valence-corrected chi connectivity index (χ4v) is 4.52. The molecule has 2 N–H and O–H groups in total. The van der Waals surface area contributed by atoms with Crippen molar-refractivity contribution in [2.24, 2.45) is 5.92 Å². The molecule has 3 rings (SSSR count). The highest BCUT2D eigenvalue weighted by Crippen LogP contribution is 2.27. The first kappa shape index (κ1) is 27.8. The number of benzene rings is 2. The third kappa shape index (κ3) is 7.11. The summed E-state index contributed by atoms with van der Waals surface area (Å²) >= 11 is 10.7. The molecular formula is C25H27BrClN5O3S. The molecule has 3 aromatic rings. The van der Waals surface area contributed by atoms with E-state index >= 15 is 0 Å². The second-order valence-electron chi connectivity index (χ2n) is 8.13. The molecule has 0 spiro atoms. The number of allylic oxidation sites excluding steroid dienone is 1. The first-order valence-electron chi connectivity index (χ1n) is 11.1. The van der Waals surface area contributed by atoms with E-state index in [2.05, 4.69) is 43.3 Å². The topological polar surface area (TPSA) is 98.1 Å². The number of thioether (sulfide) groups is 1. The lowest BCUT2D eigenvalue weighted by Gasteiger charge is -2.22. The SMILES string of the molecule is C=CCn1c(SCC(=O)Nc2ccc(Br)c(Cl)c2)nnc1[C@@H](NC(=O)c1ccc(OC)cc1)C(C)C. The van der Waals surface area contributed by atoms with Crippen LogP contribution in [0.5, 0.6) is 5.75 Å². The van der Waals surface area contributed by atoms with Gasteiger partial charge in [0.15, 0.2) is 11.0 Å². The Morgan fingerprint density at radius 2 is 1.94 bits per heavy atom. The van der Waals surface area contributed by atoms with Crippen molar-refractivity contribution >= 4 is 56.8 Å². The van der Waals surface area contributed by atoms with Gasteiger partial charge in [-0.1, -0.05) is 43.3 Å². The summed E-state index contributed by atoms with van der Waals surface area (Å²) in [6.07, 6.45) is 1.73. The van der Waals surface area contributed by atoms with Gasteiger partial charge in [0.1, 0.15) is 5.75 Å². The number of anilines is 1. The van der Waals surface area contributed by atoms with E-state index in [1.54, 1.807) is 55.7 Å². The molecule has 0 fully saturated rings. The second-order valence-corrected chi connectivity index (χ2v) is 10.3. The first-order valence-corrected chi connectivity index (χ1v) is 13.3. The predicted molar refractivity (Wildman–Crippen MR) is 147 cm³/mol. The number of amides is 2. The predicted octanol–water partition coefficient (Wildman–Crippen LogP) is 5.75. The molecule has 11 heteroatoms. The number of hydrogen-bond donors (Lipinski definition) is 2. The number of carbonyl (C=O) groups excluding carboxylic acids is 2. The van der Waals surface area contributed by atoms with Gasteiger partial charge in [0.25, 0.3) is 5.91 Å². The summed E-state index contributed by atoms with van der Waals surface area (Å²) in [5.41, 5.74) is 1.11. The van der Waals surface area contributed by atoms with Crippen molar-refractivity contribution in [3.05, 3.63) is 76.0 Å². The number of rotatable bonds is 11. The smallest absolute Gasteiger partial charge is 0.251 e. The second kappa shape index (κ2) is 12.9. The third-order valence-corrected chi connectivity index (χ3v) is 7.38. The minimum Gasteiger partial charge on any atom is -0.497 e. The Kier molecular flexibility index (Phi) is 9.98.